The number of amides is 1. The molecule has 0 bridgehead atoms. The molecule has 0 radical (unpaired) electrons. The number of carbonyl (C=O) groups excluding carboxylic acids is 1. The molecule has 2 heterocycles. The van der Waals surface area contributed by atoms with Gasteiger partial charge in [-0.25, -0.2) is 0 Å². The van der Waals surface area contributed by atoms with Crippen LogP contribution >= 0.6 is 0 Å². The van der Waals surface area contributed by atoms with Gasteiger partial charge in [0.25, 0.3) is 0 Å². The molecule has 2 saturated heterocycles. The average molecular weight is 374 g/mol. The summed E-state index contributed by atoms with van der Waals surface area (Å²) in [5.74, 6) is 0.218. The number of nitrogens with zero attached hydrogens (tertiary/aromatic N) is 2. The maximum absolute atomic E-state index is 12.9. The van der Waals surface area contributed by atoms with E-state index in [1.165, 1.54) is 37.9 Å². The van der Waals surface area contributed by atoms with Crippen LogP contribution in [0.15, 0.2) is 30.3 Å². The van der Waals surface area contributed by atoms with Crippen molar-refractivity contribution in [2.24, 2.45) is 5.92 Å². The van der Waals surface area contributed by atoms with Crippen LogP contribution in [0.5, 0.6) is 0 Å². The van der Waals surface area contributed by atoms with E-state index in [2.05, 4.69) is 39.4 Å². The van der Waals surface area contributed by atoms with Crippen LogP contribution in [0.3, 0.4) is 0 Å². The molecule has 5 nitrogen and oxygen atoms in total. The van der Waals surface area contributed by atoms with Crippen molar-refractivity contribution in [3.8, 4) is 0 Å². The molecule has 0 aromatic heterocycles. The van der Waals surface area contributed by atoms with Crippen molar-refractivity contribution in [2.45, 2.75) is 44.7 Å². The summed E-state index contributed by atoms with van der Waals surface area (Å²) in [6.45, 7) is 6.60. The van der Waals surface area contributed by atoms with E-state index in [0.29, 0.717) is 6.61 Å². The fourth-order valence-electron chi connectivity index (χ4n) is 4.49. The smallest absolute Gasteiger partial charge is 0.224 e. The van der Waals surface area contributed by atoms with Crippen LogP contribution in [-0.2, 0) is 16.1 Å². The largest absolute Gasteiger partial charge is 0.383 e. The highest BCUT2D eigenvalue weighted by Crippen LogP contribution is 2.26. The van der Waals surface area contributed by atoms with Gasteiger partial charge in [-0.05, 0) is 50.9 Å². The highest BCUT2D eigenvalue weighted by atomic mass is 16.5. The van der Waals surface area contributed by atoms with Gasteiger partial charge in [-0.1, -0.05) is 36.8 Å². The van der Waals surface area contributed by atoms with Crippen molar-refractivity contribution >= 4 is 5.91 Å². The first-order chi connectivity index (χ1) is 13.3. The molecule has 1 amide bonds. The Labute approximate surface area is 164 Å². The molecule has 2 fully saturated rings. The van der Waals surface area contributed by atoms with E-state index in [4.69, 9.17) is 4.74 Å². The fourth-order valence-corrected chi connectivity index (χ4v) is 4.49. The number of ether oxygens (including phenoxy) is 1. The van der Waals surface area contributed by atoms with Gasteiger partial charge in [0.2, 0.25) is 5.91 Å². The van der Waals surface area contributed by atoms with E-state index in [1.54, 1.807) is 7.11 Å². The molecular formula is C22H35N3O2. The fraction of sp³-hybridized carbons (Fsp3) is 0.682. The zero-order valence-electron chi connectivity index (χ0n) is 16.7. The summed E-state index contributed by atoms with van der Waals surface area (Å²) in [4.78, 5) is 17.8. The molecule has 2 atom stereocenters. The Morgan fingerprint density at radius 2 is 1.89 bits per heavy atom. The molecular weight excluding hydrogens is 338 g/mol. The van der Waals surface area contributed by atoms with Gasteiger partial charge in [-0.2, -0.15) is 0 Å². The Morgan fingerprint density at radius 3 is 2.63 bits per heavy atom. The minimum atomic E-state index is 0.0174. The molecule has 3 rings (SSSR count). The third-order valence-corrected chi connectivity index (χ3v) is 5.97. The summed E-state index contributed by atoms with van der Waals surface area (Å²) in [7, 11) is 1.74. The van der Waals surface area contributed by atoms with Gasteiger partial charge in [0.05, 0.1) is 12.5 Å². The lowest BCUT2D eigenvalue weighted by molar-refractivity contribution is -0.130. The summed E-state index contributed by atoms with van der Waals surface area (Å²) in [5.41, 5.74) is 1.30. The quantitative estimate of drug-likeness (QED) is 0.761. The van der Waals surface area contributed by atoms with Crippen LogP contribution in [0.25, 0.3) is 0 Å². The number of benzene rings is 1. The molecule has 150 valence electrons. The first kappa shape index (κ1) is 20.3. The maximum atomic E-state index is 12.9. The Balaban J connectivity index is 1.54. The molecule has 1 N–H and O–H groups in total. The van der Waals surface area contributed by atoms with E-state index in [9.17, 15) is 4.79 Å². The summed E-state index contributed by atoms with van der Waals surface area (Å²) in [5, 5.41) is 3.21. The molecule has 27 heavy (non-hydrogen) atoms. The topological polar surface area (TPSA) is 44.8 Å². The van der Waals surface area contributed by atoms with Gasteiger partial charge >= 0.3 is 0 Å². The SMILES string of the molecule is COC[C@@H]1[C@H](C(=O)NCCN2CCCCC2)CCCN1Cc1ccccc1. The Kier molecular flexibility index (Phi) is 8.11. The lowest BCUT2D eigenvalue weighted by atomic mass is 9.88. The van der Waals surface area contributed by atoms with Crippen LogP contribution in [0.2, 0.25) is 0 Å². The minimum Gasteiger partial charge on any atom is -0.383 e. The third-order valence-electron chi connectivity index (χ3n) is 5.97. The highest BCUT2D eigenvalue weighted by molar-refractivity contribution is 5.79. The van der Waals surface area contributed by atoms with Crippen molar-refractivity contribution < 1.29 is 9.53 Å². The van der Waals surface area contributed by atoms with E-state index >= 15 is 0 Å². The minimum absolute atomic E-state index is 0.0174. The number of likely N-dealkylation sites (tertiary alicyclic amines) is 2. The van der Waals surface area contributed by atoms with Crippen LogP contribution in [0.1, 0.15) is 37.7 Å². The van der Waals surface area contributed by atoms with Crippen molar-refractivity contribution in [3.63, 3.8) is 0 Å². The standard InChI is InChI=1S/C22H35N3O2/c1-27-18-21-20(22(26)23-12-16-24-13-6-3-7-14-24)11-8-15-25(21)17-19-9-4-2-5-10-19/h2,4-5,9-10,20-21H,3,6-8,11-18H2,1H3,(H,23,26)/t20-,21-/m1/s1. The van der Waals surface area contributed by atoms with Crippen LogP contribution < -0.4 is 5.32 Å². The first-order valence-corrected chi connectivity index (χ1v) is 10.5. The second-order valence-corrected chi connectivity index (χ2v) is 7.92. The lowest BCUT2D eigenvalue weighted by Crippen LogP contribution is -2.53. The number of carbonyl (C=O) groups is 1. The molecule has 2 aliphatic rings. The van der Waals surface area contributed by atoms with Crippen molar-refractivity contribution in [3.05, 3.63) is 35.9 Å². The second-order valence-electron chi connectivity index (χ2n) is 7.92. The van der Waals surface area contributed by atoms with Gasteiger partial charge in [-0.15, -0.1) is 0 Å². The van der Waals surface area contributed by atoms with E-state index in [1.807, 2.05) is 6.07 Å². The number of hydrogen-bond acceptors (Lipinski definition) is 4. The van der Waals surface area contributed by atoms with Crippen molar-refractivity contribution in [2.75, 3.05) is 46.4 Å². The predicted octanol–water partition coefficient (Wildman–Crippen LogP) is 2.52. The molecule has 0 saturated carbocycles. The van der Waals surface area contributed by atoms with Gasteiger partial charge in [0, 0.05) is 32.8 Å². The van der Waals surface area contributed by atoms with Gasteiger partial charge in [0.15, 0.2) is 0 Å². The number of hydrogen-bond donors (Lipinski definition) is 1. The van der Waals surface area contributed by atoms with E-state index in [0.717, 1.165) is 39.0 Å². The number of piperidine rings is 2. The van der Waals surface area contributed by atoms with E-state index < -0.39 is 0 Å². The van der Waals surface area contributed by atoms with E-state index in [-0.39, 0.29) is 17.9 Å². The number of rotatable bonds is 8. The predicted molar refractivity (Wildman–Crippen MR) is 109 cm³/mol. The molecule has 2 aliphatic heterocycles. The average Bonchev–Trinajstić information content (AvgIpc) is 2.71. The second kappa shape index (κ2) is 10.8. The Bertz CT molecular complexity index is 560. The van der Waals surface area contributed by atoms with Crippen molar-refractivity contribution in [1.82, 2.24) is 15.1 Å². The zero-order chi connectivity index (χ0) is 18.9. The summed E-state index contributed by atoms with van der Waals surface area (Å²) in [6.07, 6.45) is 5.95. The Hall–Kier alpha value is -1.43. The zero-order valence-corrected chi connectivity index (χ0v) is 16.7. The van der Waals surface area contributed by atoms with Crippen molar-refractivity contribution in [1.29, 1.82) is 0 Å². The normalized spacial score (nSPS) is 24.6. The molecule has 0 aliphatic carbocycles. The van der Waals surface area contributed by atoms with Crippen LogP contribution in [0.4, 0.5) is 0 Å². The maximum Gasteiger partial charge on any atom is 0.224 e. The molecule has 0 spiro atoms. The summed E-state index contributed by atoms with van der Waals surface area (Å²) >= 11 is 0. The Morgan fingerprint density at radius 1 is 1.11 bits per heavy atom. The lowest BCUT2D eigenvalue weighted by Gasteiger charge is -2.40. The van der Waals surface area contributed by atoms with Gasteiger partial charge in [0.1, 0.15) is 0 Å². The number of methoxy groups -OCH3 is 1. The molecule has 1 aromatic carbocycles. The van der Waals surface area contributed by atoms with Gasteiger partial charge < -0.3 is 15.0 Å². The van der Waals surface area contributed by atoms with Gasteiger partial charge in [-0.3, -0.25) is 9.69 Å². The third kappa shape index (κ3) is 6.03. The first-order valence-electron chi connectivity index (χ1n) is 10.5. The number of nitrogens with one attached hydrogen (secondary N) is 1. The van der Waals surface area contributed by atoms with Crippen LogP contribution in [0, 0.1) is 5.92 Å². The summed E-state index contributed by atoms with van der Waals surface area (Å²) in [6, 6.07) is 10.7. The highest BCUT2D eigenvalue weighted by Gasteiger charge is 2.35. The summed E-state index contributed by atoms with van der Waals surface area (Å²) < 4.78 is 5.50. The molecule has 5 heteroatoms. The molecule has 1 aromatic rings. The van der Waals surface area contributed by atoms with Crippen LogP contribution in [-0.4, -0.2) is 68.2 Å². The molecule has 0 unspecified atom stereocenters. The monoisotopic (exact) mass is 373 g/mol.